The number of nitrogens with two attached hydrogens (primary N) is 1. The minimum atomic E-state index is -3.37. The van der Waals surface area contributed by atoms with Crippen molar-refractivity contribution in [2.75, 3.05) is 12.9 Å². The largest absolute Gasteiger partial charge is 0.370 e. The lowest BCUT2D eigenvalue weighted by Gasteiger charge is -2.08. The number of carbonyl (C=O) groups is 1. The van der Waals surface area contributed by atoms with E-state index in [0.717, 1.165) is 6.26 Å². The van der Waals surface area contributed by atoms with Crippen LogP contribution in [0.5, 0.6) is 0 Å². The Morgan fingerprint density at radius 2 is 2.08 bits per heavy atom. The van der Waals surface area contributed by atoms with Crippen LogP contribution in [0.25, 0.3) is 0 Å². The second-order valence-electron chi connectivity index (χ2n) is 3.10. The minimum Gasteiger partial charge on any atom is -0.370 e. The Labute approximate surface area is 78.4 Å². The van der Waals surface area contributed by atoms with Gasteiger partial charge in [0.05, 0.1) is 12.9 Å². The van der Waals surface area contributed by atoms with Crippen LogP contribution in [0.2, 0.25) is 0 Å². The van der Waals surface area contributed by atoms with Gasteiger partial charge in [-0.3, -0.25) is 8.98 Å². The first-order valence-electron chi connectivity index (χ1n) is 3.94. The molecule has 0 saturated heterocycles. The summed E-state index contributed by atoms with van der Waals surface area (Å²) in [4.78, 5) is 10.4. The molecule has 0 aliphatic heterocycles. The summed E-state index contributed by atoms with van der Waals surface area (Å²) in [6.45, 7) is 1.90. The van der Waals surface area contributed by atoms with Crippen LogP contribution in [0.1, 0.15) is 19.8 Å². The summed E-state index contributed by atoms with van der Waals surface area (Å²) in [6.07, 6.45) is 1.80. The van der Waals surface area contributed by atoms with Crippen LogP contribution in [-0.2, 0) is 19.1 Å². The molecule has 13 heavy (non-hydrogen) atoms. The maximum atomic E-state index is 10.6. The smallest absolute Gasteiger partial charge is 0.264 e. The molecule has 0 bridgehead atoms. The number of carbonyl (C=O) groups excluding carboxylic acids is 1. The fourth-order valence-corrected chi connectivity index (χ4v) is 1.19. The standard InChI is InChI=1S/C7H15NO4S/c1-6(3-4-7(8)9)5-12-13(2,10)11/h6H,3-5H2,1-2H3,(H2,8,9)/t6-/m0/s1. The van der Waals surface area contributed by atoms with Gasteiger partial charge in [0.2, 0.25) is 5.91 Å². The predicted octanol–water partition coefficient (Wildman–Crippen LogP) is -0.136. The van der Waals surface area contributed by atoms with Gasteiger partial charge in [-0.2, -0.15) is 8.42 Å². The summed E-state index contributed by atoms with van der Waals surface area (Å²) in [5, 5.41) is 0. The van der Waals surface area contributed by atoms with E-state index in [0.29, 0.717) is 6.42 Å². The molecule has 0 heterocycles. The Kier molecular flexibility index (Phi) is 4.94. The van der Waals surface area contributed by atoms with Crippen LogP contribution in [0, 0.1) is 5.92 Å². The van der Waals surface area contributed by atoms with Gasteiger partial charge in [-0.1, -0.05) is 6.92 Å². The Morgan fingerprint density at radius 1 is 1.54 bits per heavy atom. The van der Waals surface area contributed by atoms with Gasteiger partial charge in [-0.15, -0.1) is 0 Å². The topological polar surface area (TPSA) is 86.5 Å². The maximum absolute atomic E-state index is 10.6. The molecular weight excluding hydrogens is 194 g/mol. The van der Waals surface area contributed by atoms with E-state index in [1.165, 1.54) is 0 Å². The second kappa shape index (κ2) is 5.18. The van der Waals surface area contributed by atoms with Crippen molar-refractivity contribution in [1.82, 2.24) is 0 Å². The van der Waals surface area contributed by atoms with Crippen LogP contribution >= 0.6 is 0 Å². The molecule has 0 aliphatic carbocycles. The Morgan fingerprint density at radius 3 is 2.46 bits per heavy atom. The van der Waals surface area contributed by atoms with Gasteiger partial charge in [0.15, 0.2) is 0 Å². The first-order valence-corrected chi connectivity index (χ1v) is 5.75. The molecule has 0 unspecified atom stereocenters. The number of amides is 1. The highest BCUT2D eigenvalue weighted by atomic mass is 32.2. The van der Waals surface area contributed by atoms with E-state index in [9.17, 15) is 13.2 Å². The fourth-order valence-electron chi connectivity index (χ4n) is 0.712. The predicted molar refractivity (Wildman–Crippen MR) is 48.4 cm³/mol. The SMILES string of the molecule is C[C@@H](CCC(N)=O)COS(C)(=O)=O. The van der Waals surface area contributed by atoms with Crippen molar-refractivity contribution in [2.45, 2.75) is 19.8 Å². The minimum absolute atomic E-state index is 0.0159. The zero-order valence-electron chi connectivity index (χ0n) is 7.82. The van der Waals surface area contributed by atoms with Gasteiger partial charge in [0, 0.05) is 6.42 Å². The molecule has 0 aromatic carbocycles. The highest BCUT2D eigenvalue weighted by Gasteiger charge is 2.08. The third-order valence-corrected chi connectivity index (χ3v) is 2.01. The molecule has 78 valence electrons. The number of hydrogen-bond donors (Lipinski definition) is 1. The van der Waals surface area contributed by atoms with E-state index >= 15 is 0 Å². The van der Waals surface area contributed by atoms with E-state index < -0.39 is 10.1 Å². The third kappa shape index (κ3) is 9.29. The van der Waals surface area contributed by atoms with Crippen molar-refractivity contribution in [3.63, 3.8) is 0 Å². The van der Waals surface area contributed by atoms with E-state index in [4.69, 9.17) is 5.73 Å². The quantitative estimate of drug-likeness (QED) is 0.617. The van der Waals surface area contributed by atoms with E-state index in [-0.39, 0.29) is 24.9 Å². The van der Waals surface area contributed by atoms with Crippen LogP contribution in [0.4, 0.5) is 0 Å². The monoisotopic (exact) mass is 209 g/mol. The lowest BCUT2D eigenvalue weighted by molar-refractivity contribution is -0.118. The van der Waals surface area contributed by atoms with Gasteiger partial charge in [0.1, 0.15) is 0 Å². The summed E-state index contributed by atoms with van der Waals surface area (Å²) >= 11 is 0. The lowest BCUT2D eigenvalue weighted by Crippen LogP contribution is -2.15. The van der Waals surface area contributed by atoms with Crippen molar-refractivity contribution in [2.24, 2.45) is 11.7 Å². The molecule has 6 heteroatoms. The molecular formula is C7H15NO4S. The number of primary amides is 1. The highest BCUT2D eigenvalue weighted by molar-refractivity contribution is 7.85. The average molecular weight is 209 g/mol. The first kappa shape index (κ1) is 12.4. The van der Waals surface area contributed by atoms with E-state index in [2.05, 4.69) is 4.18 Å². The van der Waals surface area contributed by atoms with Gasteiger partial charge in [-0.05, 0) is 12.3 Å². The summed E-state index contributed by atoms with van der Waals surface area (Å²) in [6, 6.07) is 0. The van der Waals surface area contributed by atoms with Crippen molar-refractivity contribution < 1.29 is 17.4 Å². The van der Waals surface area contributed by atoms with Crippen LogP contribution in [0.3, 0.4) is 0 Å². The molecule has 0 aliphatic rings. The molecule has 0 saturated carbocycles. The van der Waals surface area contributed by atoms with Crippen LogP contribution in [-0.4, -0.2) is 27.2 Å². The highest BCUT2D eigenvalue weighted by Crippen LogP contribution is 2.06. The van der Waals surface area contributed by atoms with Gasteiger partial charge in [0.25, 0.3) is 10.1 Å². The molecule has 0 aromatic heterocycles. The normalized spacial score (nSPS) is 14.0. The number of rotatable bonds is 6. The average Bonchev–Trinajstić information content (AvgIpc) is 1.95. The molecule has 1 atom stereocenters. The lowest BCUT2D eigenvalue weighted by atomic mass is 10.1. The summed E-state index contributed by atoms with van der Waals surface area (Å²) < 4.78 is 25.7. The van der Waals surface area contributed by atoms with E-state index in [1.807, 2.05) is 0 Å². The summed E-state index contributed by atoms with van der Waals surface area (Å²) in [7, 11) is -3.37. The van der Waals surface area contributed by atoms with Gasteiger partial charge in [-0.25, -0.2) is 0 Å². The molecule has 5 nitrogen and oxygen atoms in total. The van der Waals surface area contributed by atoms with E-state index in [1.54, 1.807) is 6.92 Å². The fraction of sp³-hybridized carbons (Fsp3) is 0.857. The Balaban J connectivity index is 3.64. The third-order valence-electron chi connectivity index (χ3n) is 1.45. The molecule has 1 amide bonds. The second-order valence-corrected chi connectivity index (χ2v) is 4.74. The molecule has 0 radical (unpaired) electrons. The molecule has 0 fully saturated rings. The first-order chi connectivity index (χ1) is 5.81. The van der Waals surface area contributed by atoms with Gasteiger partial charge >= 0.3 is 0 Å². The Bertz CT molecular complexity index is 260. The molecule has 0 spiro atoms. The van der Waals surface area contributed by atoms with Crippen molar-refractivity contribution in [1.29, 1.82) is 0 Å². The van der Waals surface area contributed by atoms with Gasteiger partial charge < -0.3 is 5.73 Å². The number of hydrogen-bond acceptors (Lipinski definition) is 4. The zero-order chi connectivity index (χ0) is 10.5. The van der Waals surface area contributed by atoms with Crippen molar-refractivity contribution >= 4 is 16.0 Å². The van der Waals surface area contributed by atoms with Crippen LogP contribution < -0.4 is 5.73 Å². The van der Waals surface area contributed by atoms with Crippen molar-refractivity contribution in [3.05, 3.63) is 0 Å². The zero-order valence-corrected chi connectivity index (χ0v) is 8.63. The molecule has 0 aromatic rings. The molecule has 2 N–H and O–H groups in total. The molecule has 0 rings (SSSR count). The van der Waals surface area contributed by atoms with Crippen LogP contribution in [0.15, 0.2) is 0 Å². The summed E-state index contributed by atoms with van der Waals surface area (Å²) in [5.41, 5.74) is 4.92. The Hall–Kier alpha value is -0.620. The maximum Gasteiger partial charge on any atom is 0.264 e. The van der Waals surface area contributed by atoms with Crippen molar-refractivity contribution in [3.8, 4) is 0 Å². The summed E-state index contributed by atoms with van der Waals surface area (Å²) in [5.74, 6) is -0.367.